The van der Waals surface area contributed by atoms with Crippen molar-refractivity contribution in [3.8, 4) is 0 Å². The van der Waals surface area contributed by atoms with E-state index in [1.807, 2.05) is 5.71 Å². The van der Waals surface area contributed by atoms with Gasteiger partial charge in [0.15, 0.2) is 0 Å². The van der Waals surface area contributed by atoms with Crippen molar-refractivity contribution in [3.63, 3.8) is 0 Å². The number of amides is 1. The molecule has 6 nitrogen and oxygen atoms in total. The van der Waals surface area contributed by atoms with Crippen molar-refractivity contribution in [2.75, 3.05) is 22.6 Å². The average molecular weight is 395 g/mol. The first-order chi connectivity index (χ1) is 9.78. The molecule has 0 spiro atoms. The number of carbonyl (C=O) groups excluding carboxylic acids is 1. The van der Waals surface area contributed by atoms with Crippen LogP contribution in [0.1, 0.15) is 6.42 Å². The number of rotatable bonds is 8. The van der Waals surface area contributed by atoms with E-state index in [0.29, 0.717) is 17.9 Å². The van der Waals surface area contributed by atoms with E-state index < -0.39 is 25.1 Å². The van der Waals surface area contributed by atoms with E-state index in [2.05, 4.69) is 5.32 Å². The van der Waals surface area contributed by atoms with Crippen LogP contribution in [0.4, 0.5) is 5.69 Å². The number of benzene rings is 1. The van der Waals surface area contributed by atoms with Gasteiger partial charge in [-0.3, -0.25) is 4.55 Å². The first-order valence-corrected chi connectivity index (χ1v) is 12.5. The summed E-state index contributed by atoms with van der Waals surface area (Å²) >= 11 is -0.566. The van der Waals surface area contributed by atoms with Gasteiger partial charge in [0, 0.05) is 0 Å². The van der Waals surface area contributed by atoms with Crippen LogP contribution in [0.3, 0.4) is 0 Å². The van der Waals surface area contributed by atoms with E-state index in [0.717, 1.165) is 4.35 Å². The molecule has 1 aromatic rings. The van der Waals surface area contributed by atoms with Crippen molar-refractivity contribution < 1.29 is 21.9 Å². The van der Waals surface area contributed by atoms with Gasteiger partial charge in [0.1, 0.15) is 0 Å². The summed E-state index contributed by atoms with van der Waals surface area (Å²) in [5.41, 5.74) is 2.47. The van der Waals surface area contributed by atoms with E-state index in [1.165, 1.54) is 11.8 Å². The van der Waals surface area contributed by atoms with Crippen LogP contribution in [0, 0.1) is 0 Å². The van der Waals surface area contributed by atoms with Crippen LogP contribution >= 0.6 is 11.8 Å². The molecule has 0 radical (unpaired) electrons. The van der Waals surface area contributed by atoms with Crippen molar-refractivity contribution in [2.45, 2.75) is 12.1 Å². The Kier molecular flexibility index (Phi) is 7.76. The number of hydrogen-bond acceptors (Lipinski definition) is 5. The van der Waals surface area contributed by atoms with Gasteiger partial charge < -0.3 is 0 Å². The Bertz CT molecular complexity index is 560. The summed E-state index contributed by atoms with van der Waals surface area (Å²) in [4.78, 5) is 11.7. The van der Waals surface area contributed by atoms with Gasteiger partial charge in [0.2, 0.25) is 0 Å². The first kappa shape index (κ1) is 18.5. The molecular weight excluding hydrogens is 377 g/mol. The molecule has 0 aliphatic rings. The fraction of sp³-hybridized carbons (Fsp3) is 0.417. The molecule has 0 aliphatic heterocycles. The van der Waals surface area contributed by atoms with Gasteiger partial charge in [-0.1, -0.05) is 0 Å². The molecule has 0 aliphatic carbocycles. The summed E-state index contributed by atoms with van der Waals surface area (Å²) in [5.74, 6) is 0.250. The predicted molar refractivity (Wildman–Crippen MR) is 86.9 cm³/mol. The molecule has 1 unspecified atom stereocenters. The van der Waals surface area contributed by atoms with E-state index >= 15 is 0 Å². The molecule has 118 valence electrons. The Morgan fingerprint density at radius 1 is 1.33 bits per heavy atom. The van der Waals surface area contributed by atoms with Gasteiger partial charge in [-0.05, 0) is 0 Å². The fourth-order valence-electron chi connectivity index (χ4n) is 1.47. The van der Waals surface area contributed by atoms with Crippen LogP contribution in [0.15, 0.2) is 24.3 Å². The molecule has 1 rings (SSSR count). The molecule has 0 saturated heterocycles. The summed E-state index contributed by atoms with van der Waals surface area (Å²) in [6, 6.07) is 7.10. The molecular formula is C12H18AsNO5S2. The summed E-state index contributed by atoms with van der Waals surface area (Å²) in [6.07, 6.45) is 0.310. The first-order valence-electron chi connectivity index (χ1n) is 6.13. The summed E-state index contributed by atoms with van der Waals surface area (Å²) < 4.78 is 40.0. The van der Waals surface area contributed by atoms with Crippen LogP contribution in [0.2, 0.25) is 5.71 Å². The van der Waals surface area contributed by atoms with Crippen molar-refractivity contribution in [1.82, 2.24) is 0 Å². The Balaban J connectivity index is 2.27. The Hall–Kier alpha value is -0.532. The maximum atomic E-state index is 11.7. The molecule has 21 heavy (non-hydrogen) atoms. The minimum atomic E-state index is -3.92. The second kappa shape index (κ2) is 8.80. The Morgan fingerprint density at radius 2 is 1.95 bits per heavy atom. The molecule has 0 heterocycles. The summed E-state index contributed by atoms with van der Waals surface area (Å²) in [5, 5.41) is 2.72. The van der Waals surface area contributed by atoms with Crippen molar-refractivity contribution in [2.24, 2.45) is 0 Å². The topological polar surface area (TPSA) is 104 Å². The van der Waals surface area contributed by atoms with Gasteiger partial charge in [-0.15, -0.1) is 0 Å². The zero-order valence-electron chi connectivity index (χ0n) is 11.5. The molecule has 0 aromatic heterocycles. The second-order valence-corrected chi connectivity index (χ2v) is 10.3. The number of thioether (sulfide) groups is 1. The standard InChI is InChI=1S/C12H18AsNO5S2/c1-13(16)10-3-5-11(6-4-10)14-12(15)9-20-7-2-8-21(17,18)19/h3-6,16H,2,7-9H2,1H3,(H,14,15)(H,17,18,19). The van der Waals surface area contributed by atoms with Crippen molar-refractivity contribution >= 4 is 52.8 Å². The zero-order chi connectivity index (χ0) is 15.9. The third kappa shape index (κ3) is 8.48. The molecule has 0 fully saturated rings. The monoisotopic (exact) mass is 395 g/mol. The summed E-state index contributed by atoms with van der Waals surface area (Å²) in [6.45, 7) is 0. The molecule has 3 N–H and O–H groups in total. The zero-order valence-corrected chi connectivity index (χ0v) is 15.0. The van der Waals surface area contributed by atoms with E-state index in [4.69, 9.17) is 4.55 Å². The van der Waals surface area contributed by atoms with E-state index in [9.17, 15) is 17.3 Å². The van der Waals surface area contributed by atoms with Crippen LogP contribution in [-0.2, 0) is 14.9 Å². The average Bonchev–Trinajstić information content (AvgIpc) is 2.37. The third-order valence-electron chi connectivity index (χ3n) is 2.45. The predicted octanol–water partition coefficient (Wildman–Crippen LogP) is 0.457. The fourth-order valence-corrected chi connectivity index (χ4v) is 4.13. The molecule has 9 heteroatoms. The van der Waals surface area contributed by atoms with Crippen LogP contribution in [0.5, 0.6) is 0 Å². The minimum absolute atomic E-state index is 0.172. The molecule has 0 saturated carbocycles. The van der Waals surface area contributed by atoms with Crippen molar-refractivity contribution in [1.29, 1.82) is 0 Å². The molecule has 0 bridgehead atoms. The molecule has 1 amide bonds. The van der Waals surface area contributed by atoms with Crippen molar-refractivity contribution in [3.05, 3.63) is 24.3 Å². The van der Waals surface area contributed by atoms with Gasteiger partial charge in [0.05, 0.1) is 0 Å². The van der Waals surface area contributed by atoms with Crippen LogP contribution < -0.4 is 9.67 Å². The number of carbonyl (C=O) groups is 1. The quantitative estimate of drug-likeness (QED) is 0.336. The molecule has 1 atom stereocenters. The molecule has 1 aromatic carbocycles. The second-order valence-electron chi connectivity index (χ2n) is 4.31. The number of hydrogen-bond donors (Lipinski definition) is 3. The third-order valence-corrected chi connectivity index (χ3v) is 6.49. The Labute approximate surface area is 133 Å². The Morgan fingerprint density at radius 3 is 2.48 bits per heavy atom. The van der Waals surface area contributed by atoms with E-state index in [1.54, 1.807) is 24.3 Å². The normalized spacial score (nSPS) is 12.9. The van der Waals surface area contributed by atoms with Gasteiger partial charge in [-0.2, -0.15) is 8.42 Å². The maximum absolute atomic E-state index is 11.7. The SMILES string of the molecule is C[As](O)c1ccc(NC(=O)CSCCCS(=O)(=O)O)cc1. The van der Waals surface area contributed by atoms with Gasteiger partial charge >= 0.3 is 121 Å². The van der Waals surface area contributed by atoms with Crippen LogP contribution in [0.25, 0.3) is 0 Å². The van der Waals surface area contributed by atoms with Gasteiger partial charge in [-0.25, -0.2) is 0 Å². The number of anilines is 1. The van der Waals surface area contributed by atoms with Crippen LogP contribution in [-0.4, -0.2) is 55.2 Å². The van der Waals surface area contributed by atoms with Gasteiger partial charge in [0.25, 0.3) is 0 Å². The van der Waals surface area contributed by atoms with E-state index in [-0.39, 0.29) is 17.4 Å². The summed E-state index contributed by atoms with van der Waals surface area (Å²) in [7, 11) is -3.92. The number of nitrogens with one attached hydrogen (secondary N) is 1.